The van der Waals surface area contributed by atoms with E-state index in [4.69, 9.17) is 20.9 Å². The molecule has 0 radical (unpaired) electrons. The summed E-state index contributed by atoms with van der Waals surface area (Å²) >= 11 is 0. The van der Waals surface area contributed by atoms with Gasteiger partial charge in [-0.3, -0.25) is 0 Å². The first kappa shape index (κ1) is 21.3. The minimum absolute atomic E-state index is 0.489. The summed E-state index contributed by atoms with van der Waals surface area (Å²) in [5.41, 5.74) is 18.5. The summed E-state index contributed by atoms with van der Waals surface area (Å²) < 4.78 is 11.0. The Morgan fingerprint density at radius 3 is 1.47 bits per heavy atom. The van der Waals surface area contributed by atoms with E-state index in [1.807, 2.05) is 42.5 Å². The Morgan fingerprint density at radius 2 is 1.00 bits per heavy atom. The van der Waals surface area contributed by atoms with E-state index in [0.29, 0.717) is 22.9 Å². The minimum atomic E-state index is -0.489. The predicted molar refractivity (Wildman–Crippen MR) is 132 cm³/mol. The van der Waals surface area contributed by atoms with E-state index in [1.165, 1.54) is 11.1 Å². The molecule has 4 rings (SSSR count). The minimum Gasteiger partial charge on any atom is -0.495 e. The number of methoxy groups -OCH3 is 2. The molecular weight excluding hydrogens is 396 g/mol. The molecule has 162 valence electrons. The van der Waals surface area contributed by atoms with Crippen molar-refractivity contribution in [2.45, 2.75) is 12.3 Å². The van der Waals surface area contributed by atoms with Crippen molar-refractivity contribution in [3.63, 3.8) is 0 Å². The molecule has 0 aromatic heterocycles. The van der Waals surface area contributed by atoms with Crippen LogP contribution in [0.1, 0.15) is 23.6 Å². The molecule has 0 unspecified atom stereocenters. The van der Waals surface area contributed by atoms with E-state index in [0.717, 1.165) is 16.7 Å². The van der Waals surface area contributed by atoms with Crippen molar-refractivity contribution in [3.8, 4) is 22.6 Å². The van der Waals surface area contributed by atoms with E-state index >= 15 is 0 Å². The molecule has 0 bridgehead atoms. The van der Waals surface area contributed by atoms with Crippen molar-refractivity contribution in [3.05, 3.63) is 108 Å². The molecule has 0 fully saturated rings. The van der Waals surface area contributed by atoms with Crippen LogP contribution in [-0.4, -0.2) is 14.2 Å². The van der Waals surface area contributed by atoms with Gasteiger partial charge in [0.25, 0.3) is 0 Å². The Morgan fingerprint density at radius 1 is 0.562 bits per heavy atom. The van der Waals surface area contributed by atoms with Crippen LogP contribution in [0.3, 0.4) is 0 Å². The molecular formula is C28H28N2O2. The smallest absolute Gasteiger partial charge is 0.142 e. The first-order valence-electron chi connectivity index (χ1n) is 10.5. The molecule has 0 saturated heterocycles. The maximum absolute atomic E-state index is 6.11. The third-order valence-corrected chi connectivity index (χ3v) is 6.19. The van der Waals surface area contributed by atoms with Crippen LogP contribution in [0, 0.1) is 0 Å². The third-order valence-electron chi connectivity index (χ3n) is 6.19. The Hall–Kier alpha value is -3.92. The summed E-state index contributed by atoms with van der Waals surface area (Å²) in [6.45, 7) is 2.19. The molecule has 4 aromatic rings. The van der Waals surface area contributed by atoms with Crippen molar-refractivity contribution in [1.29, 1.82) is 0 Å². The lowest BCUT2D eigenvalue weighted by atomic mass is 9.70. The summed E-state index contributed by atoms with van der Waals surface area (Å²) in [5, 5.41) is 0. The average Bonchev–Trinajstić information content (AvgIpc) is 2.84. The van der Waals surface area contributed by atoms with Crippen LogP contribution in [0.15, 0.2) is 91.0 Å². The van der Waals surface area contributed by atoms with Gasteiger partial charge in [0, 0.05) is 5.41 Å². The van der Waals surface area contributed by atoms with Crippen LogP contribution in [-0.2, 0) is 5.41 Å². The molecule has 4 aromatic carbocycles. The zero-order valence-corrected chi connectivity index (χ0v) is 18.6. The number of benzene rings is 4. The second kappa shape index (κ2) is 8.67. The zero-order valence-electron chi connectivity index (χ0n) is 18.6. The van der Waals surface area contributed by atoms with E-state index < -0.39 is 5.41 Å². The molecule has 0 atom stereocenters. The number of hydrogen-bond donors (Lipinski definition) is 2. The summed E-state index contributed by atoms with van der Waals surface area (Å²) in [6.07, 6.45) is 0. The van der Waals surface area contributed by atoms with Gasteiger partial charge in [-0.15, -0.1) is 0 Å². The van der Waals surface area contributed by atoms with E-state index in [-0.39, 0.29) is 0 Å². The van der Waals surface area contributed by atoms with E-state index in [9.17, 15) is 0 Å². The van der Waals surface area contributed by atoms with Gasteiger partial charge in [0.2, 0.25) is 0 Å². The van der Waals surface area contributed by atoms with Gasteiger partial charge in [0.05, 0.1) is 25.6 Å². The van der Waals surface area contributed by atoms with Crippen LogP contribution >= 0.6 is 0 Å². The average molecular weight is 425 g/mol. The van der Waals surface area contributed by atoms with Crippen LogP contribution in [0.25, 0.3) is 11.1 Å². The second-order valence-electron chi connectivity index (χ2n) is 7.98. The molecule has 32 heavy (non-hydrogen) atoms. The highest BCUT2D eigenvalue weighted by atomic mass is 16.5. The summed E-state index contributed by atoms with van der Waals surface area (Å²) in [4.78, 5) is 0. The van der Waals surface area contributed by atoms with Crippen molar-refractivity contribution in [1.82, 2.24) is 0 Å². The number of anilines is 2. The molecule has 0 spiro atoms. The first-order chi connectivity index (χ1) is 15.5. The number of ether oxygens (including phenoxy) is 2. The highest BCUT2D eigenvalue weighted by Crippen LogP contribution is 2.43. The Kier molecular flexibility index (Phi) is 5.78. The molecule has 4 heteroatoms. The predicted octanol–water partition coefficient (Wildman–Crippen LogP) is 5.89. The van der Waals surface area contributed by atoms with Crippen LogP contribution in [0.4, 0.5) is 11.4 Å². The fourth-order valence-electron chi connectivity index (χ4n) is 4.17. The molecule has 0 aliphatic heterocycles. The van der Waals surface area contributed by atoms with E-state index in [2.05, 4.69) is 55.5 Å². The van der Waals surface area contributed by atoms with Gasteiger partial charge in [0.15, 0.2) is 0 Å². The fourth-order valence-corrected chi connectivity index (χ4v) is 4.17. The normalized spacial score (nSPS) is 11.2. The lowest BCUT2D eigenvalue weighted by Crippen LogP contribution is -2.25. The largest absolute Gasteiger partial charge is 0.495 e. The molecule has 4 nitrogen and oxygen atoms in total. The second-order valence-corrected chi connectivity index (χ2v) is 7.98. The number of rotatable bonds is 6. The molecule has 0 heterocycles. The molecule has 0 saturated carbocycles. The van der Waals surface area contributed by atoms with Gasteiger partial charge in [-0.2, -0.15) is 0 Å². The third kappa shape index (κ3) is 3.76. The lowest BCUT2D eigenvalue weighted by Gasteiger charge is -2.33. The molecule has 0 aliphatic carbocycles. The molecule has 4 N–H and O–H groups in total. The van der Waals surface area contributed by atoms with Gasteiger partial charge in [-0.1, -0.05) is 66.7 Å². The zero-order chi connectivity index (χ0) is 22.7. The van der Waals surface area contributed by atoms with E-state index in [1.54, 1.807) is 14.2 Å². The first-order valence-corrected chi connectivity index (χ1v) is 10.5. The van der Waals surface area contributed by atoms with Crippen LogP contribution < -0.4 is 20.9 Å². The quantitative estimate of drug-likeness (QED) is 0.299. The highest BCUT2D eigenvalue weighted by Gasteiger charge is 2.32. The number of hydrogen-bond acceptors (Lipinski definition) is 4. The molecule has 0 aliphatic rings. The van der Waals surface area contributed by atoms with Crippen LogP contribution in [0.2, 0.25) is 0 Å². The highest BCUT2D eigenvalue weighted by molar-refractivity contribution is 5.66. The van der Waals surface area contributed by atoms with Gasteiger partial charge < -0.3 is 20.9 Å². The van der Waals surface area contributed by atoms with Gasteiger partial charge in [0.1, 0.15) is 11.5 Å². The maximum atomic E-state index is 6.11. The maximum Gasteiger partial charge on any atom is 0.142 e. The molecule has 0 amide bonds. The summed E-state index contributed by atoms with van der Waals surface area (Å²) in [7, 11) is 3.27. The Bertz CT molecular complexity index is 1160. The van der Waals surface area contributed by atoms with Crippen molar-refractivity contribution in [2.75, 3.05) is 25.7 Å². The van der Waals surface area contributed by atoms with Gasteiger partial charge >= 0.3 is 0 Å². The number of nitrogen functional groups attached to an aromatic ring is 2. The summed E-state index contributed by atoms with van der Waals surface area (Å²) in [5.74, 6) is 1.30. The monoisotopic (exact) mass is 424 g/mol. The van der Waals surface area contributed by atoms with Crippen molar-refractivity contribution in [2.24, 2.45) is 0 Å². The summed E-state index contributed by atoms with van der Waals surface area (Å²) in [6, 6.07) is 30.9. The Balaban J connectivity index is 1.90. The topological polar surface area (TPSA) is 70.5 Å². The standard InChI is InChI=1S/C28H28N2O2/c1-28(22-13-15-24(29)26(17-22)31-2,23-14-16-25(30)27(18-23)32-3)21-11-9-20(10-12-21)19-7-5-4-6-8-19/h4-18H,29-30H2,1-3H3. The fraction of sp³-hybridized carbons (Fsp3) is 0.143. The van der Waals surface area contributed by atoms with Crippen LogP contribution in [0.5, 0.6) is 11.5 Å². The van der Waals surface area contributed by atoms with Gasteiger partial charge in [-0.05, 0) is 59.0 Å². The SMILES string of the molecule is COc1cc(C(C)(c2ccc(-c3ccccc3)cc2)c2ccc(N)c(OC)c2)ccc1N. The van der Waals surface area contributed by atoms with Crippen molar-refractivity contribution >= 4 is 11.4 Å². The lowest BCUT2D eigenvalue weighted by molar-refractivity contribution is 0.414. The van der Waals surface area contributed by atoms with Gasteiger partial charge in [-0.25, -0.2) is 0 Å². The Labute approximate surface area is 189 Å². The number of nitrogens with two attached hydrogens (primary N) is 2. The van der Waals surface area contributed by atoms with Crippen molar-refractivity contribution < 1.29 is 9.47 Å².